The Morgan fingerprint density at radius 1 is 0.840 bits per heavy atom. The van der Waals surface area contributed by atoms with Crippen molar-refractivity contribution < 1.29 is 21.7 Å². The van der Waals surface area contributed by atoms with E-state index in [1.807, 2.05) is 55.5 Å². The molecule has 2 nitrogen and oxygen atoms in total. The van der Waals surface area contributed by atoms with Gasteiger partial charge in [0.05, 0.1) is 17.4 Å². The molecule has 0 spiro atoms. The molecule has 1 heterocycles. The Hall–Kier alpha value is -2.17. The Morgan fingerprint density at radius 3 is 2.04 bits per heavy atom. The van der Waals surface area contributed by atoms with Gasteiger partial charge in [0.15, 0.2) is 14.3 Å². The largest absolute Gasteiger partial charge is 1.00 e. The number of hydrogen-bond donors (Lipinski definition) is 0. The first-order chi connectivity index (χ1) is 11.8. The Labute approximate surface area is 159 Å². The number of rotatable bonds is 3. The van der Waals surface area contributed by atoms with E-state index in [1.165, 1.54) is 4.90 Å². The van der Waals surface area contributed by atoms with Gasteiger partial charge in [0, 0.05) is 16.5 Å². The maximum Gasteiger partial charge on any atom is 0.203 e. The molecule has 0 unspecified atom stereocenters. The summed E-state index contributed by atoms with van der Waals surface area (Å²) in [4.78, 5) is 14.0. The summed E-state index contributed by atoms with van der Waals surface area (Å²) in [5.74, 6) is 0.870. The van der Waals surface area contributed by atoms with Crippen molar-refractivity contribution in [2.45, 2.75) is 6.92 Å². The average Bonchev–Trinajstić information content (AvgIpc) is 2.63. The summed E-state index contributed by atoms with van der Waals surface area (Å²) in [5, 5.41) is 1.61. The van der Waals surface area contributed by atoms with Crippen molar-refractivity contribution in [3.8, 4) is 10.6 Å². The third kappa shape index (κ3) is 3.08. The molecule has 1 aromatic heterocycles. The molecule has 4 aromatic rings. The lowest BCUT2D eigenvalue weighted by Gasteiger charge is -2.05. The molecular formula is C21H17BrO2S. The second-order valence-corrected chi connectivity index (χ2v) is 7.50. The van der Waals surface area contributed by atoms with Crippen molar-refractivity contribution in [3.63, 3.8) is 0 Å². The van der Waals surface area contributed by atoms with Crippen LogP contribution in [0.4, 0.5) is 0 Å². The molecule has 0 radical (unpaired) electrons. The quantitative estimate of drug-likeness (QED) is 0.381. The van der Waals surface area contributed by atoms with Gasteiger partial charge >= 0.3 is 0 Å². The van der Waals surface area contributed by atoms with Crippen molar-refractivity contribution in [1.82, 2.24) is 0 Å². The van der Waals surface area contributed by atoms with Gasteiger partial charge in [-0.1, -0.05) is 30.3 Å². The predicted octanol–water partition coefficient (Wildman–Crippen LogP) is 2.49. The second kappa shape index (κ2) is 7.38. The molecule has 0 fully saturated rings. The van der Waals surface area contributed by atoms with Crippen LogP contribution in [-0.4, -0.2) is 6.61 Å². The van der Waals surface area contributed by atoms with Crippen LogP contribution in [0.1, 0.15) is 6.92 Å². The standard InChI is InChI=1S/C21H17O2S.BrH/c1-2-23-15-8-7-9-16(14-15)24-19-12-5-3-10-17(19)21(22)18-11-4-6-13-20(18)24;/h3-14H,2H2,1H3;1H/q+1;/p-1. The van der Waals surface area contributed by atoms with Crippen LogP contribution in [0.3, 0.4) is 0 Å². The lowest BCUT2D eigenvalue weighted by Crippen LogP contribution is -3.00. The Bertz CT molecular complexity index is 1040. The Balaban J connectivity index is 0.00000182. The number of benzene rings is 3. The normalized spacial score (nSPS) is 10.6. The van der Waals surface area contributed by atoms with Crippen LogP contribution in [0.25, 0.3) is 25.1 Å². The van der Waals surface area contributed by atoms with Crippen LogP contribution in [0.15, 0.2) is 77.6 Å². The molecule has 0 N–H and O–H groups in total. The zero-order valence-corrected chi connectivity index (χ0v) is 16.1. The molecule has 0 atom stereocenters. The zero-order valence-electron chi connectivity index (χ0n) is 13.7. The highest BCUT2D eigenvalue weighted by molar-refractivity contribution is 7.49. The molecule has 4 rings (SSSR count). The molecule has 3 aromatic carbocycles. The summed E-state index contributed by atoms with van der Waals surface area (Å²) in [7, 11) is -0.293. The number of fused-ring (bicyclic) bond motifs is 2. The van der Waals surface area contributed by atoms with E-state index in [9.17, 15) is 4.79 Å². The maximum absolute atomic E-state index is 12.8. The highest BCUT2D eigenvalue weighted by Gasteiger charge is 2.22. The van der Waals surface area contributed by atoms with Crippen molar-refractivity contribution in [3.05, 3.63) is 83.0 Å². The molecule has 0 bridgehead atoms. The molecule has 0 saturated carbocycles. The predicted molar refractivity (Wildman–Crippen MR) is 103 cm³/mol. The highest BCUT2D eigenvalue weighted by atomic mass is 79.9. The molecule has 126 valence electrons. The molecular weight excluding hydrogens is 396 g/mol. The summed E-state index contributed by atoms with van der Waals surface area (Å²) >= 11 is 0. The van der Waals surface area contributed by atoms with Crippen LogP contribution < -0.4 is 27.1 Å². The minimum Gasteiger partial charge on any atom is -1.00 e. The van der Waals surface area contributed by atoms with E-state index < -0.39 is 0 Å². The second-order valence-electron chi connectivity index (χ2n) is 5.54. The maximum atomic E-state index is 12.8. The fourth-order valence-corrected chi connectivity index (χ4v) is 5.42. The Kier molecular flexibility index (Phi) is 5.21. The molecule has 0 aliphatic heterocycles. The summed E-state index contributed by atoms with van der Waals surface area (Å²) in [6.45, 7) is 2.63. The van der Waals surface area contributed by atoms with Gasteiger partial charge < -0.3 is 21.7 Å². The third-order valence-electron chi connectivity index (χ3n) is 4.06. The fraction of sp³-hybridized carbons (Fsp3) is 0.0952. The van der Waals surface area contributed by atoms with Crippen molar-refractivity contribution in [2.24, 2.45) is 0 Å². The monoisotopic (exact) mass is 412 g/mol. The third-order valence-corrected chi connectivity index (χ3v) is 6.37. The van der Waals surface area contributed by atoms with Gasteiger partial charge in [-0.3, -0.25) is 4.79 Å². The molecule has 0 amide bonds. The average molecular weight is 413 g/mol. The lowest BCUT2D eigenvalue weighted by molar-refractivity contribution is -0.00000516. The van der Waals surface area contributed by atoms with Gasteiger partial charge in [-0.05, 0) is 43.3 Å². The SMILES string of the molecule is CCOc1cccc(-[s+]2c3ccccc3c(=O)c3ccccc32)c1.[Br-]. The van der Waals surface area contributed by atoms with Crippen molar-refractivity contribution >= 4 is 30.6 Å². The van der Waals surface area contributed by atoms with E-state index in [-0.39, 0.29) is 32.9 Å². The van der Waals surface area contributed by atoms with E-state index in [1.54, 1.807) is 0 Å². The molecule has 0 aliphatic carbocycles. The summed E-state index contributed by atoms with van der Waals surface area (Å²) in [5.41, 5.74) is 0.117. The van der Waals surface area contributed by atoms with Crippen LogP contribution in [0.5, 0.6) is 5.75 Å². The number of halogens is 1. The summed E-state index contributed by atoms with van der Waals surface area (Å²) < 4.78 is 7.86. The van der Waals surface area contributed by atoms with Gasteiger partial charge in [0.25, 0.3) is 0 Å². The number of hydrogen-bond acceptors (Lipinski definition) is 2. The first-order valence-corrected chi connectivity index (χ1v) is 9.22. The van der Waals surface area contributed by atoms with Gasteiger partial charge in [0.1, 0.15) is 5.75 Å². The fourth-order valence-electron chi connectivity index (χ4n) is 3.04. The van der Waals surface area contributed by atoms with E-state index in [0.29, 0.717) is 6.61 Å². The van der Waals surface area contributed by atoms with E-state index in [4.69, 9.17) is 4.74 Å². The highest BCUT2D eigenvalue weighted by Crippen LogP contribution is 2.43. The summed E-state index contributed by atoms with van der Waals surface area (Å²) in [6.07, 6.45) is 0. The van der Waals surface area contributed by atoms with Crippen molar-refractivity contribution in [2.75, 3.05) is 6.61 Å². The van der Waals surface area contributed by atoms with E-state index in [0.717, 1.165) is 25.9 Å². The van der Waals surface area contributed by atoms with E-state index >= 15 is 0 Å². The minimum atomic E-state index is -0.293. The van der Waals surface area contributed by atoms with Gasteiger partial charge in [0.2, 0.25) is 5.43 Å². The molecule has 4 heteroatoms. The van der Waals surface area contributed by atoms with Crippen molar-refractivity contribution in [1.29, 1.82) is 0 Å². The lowest BCUT2D eigenvalue weighted by atomic mass is 10.2. The van der Waals surface area contributed by atoms with Gasteiger partial charge in [-0.2, -0.15) is 0 Å². The van der Waals surface area contributed by atoms with Gasteiger partial charge in [-0.25, -0.2) is 0 Å². The summed E-state index contributed by atoms with van der Waals surface area (Å²) in [6, 6.07) is 24.1. The zero-order chi connectivity index (χ0) is 16.5. The first-order valence-electron chi connectivity index (χ1n) is 7.99. The number of ether oxygens (including phenoxy) is 1. The minimum absolute atomic E-state index is 0. The first kappa shape index (κ1) is 17.6. The smallest absolute Gasteiger partial charge is 0.203 e. The topological polar surface area (TPSA) is 26.3 Å². The molecule has 0 saturated heterocycles. The molecule has 0 aliphatic rings. The van der Waals surface area contributed by atoms with Gasteiger partial charge in [-0.15, -0.1) is 0 Å². The molecule has 25 heavy (non-hydrogen) atoms. The van der Waals surface area contributed by atoms with Crippen LogP contribution >= 0.6 is 10.5 Å². The van der Waals surface area contributed by atoms with E-state index in [2.05, 4.69) is 24.3 Å². The Morgan fingerprint density at radius 2 is 1.44 bits per heavy atom. The van der Waals surface area contributed by atoms with Crippen LogP contribution in [-0.2, 0) is 0 Å². The van der Waals surface area contributed by atoms with Crippen LogP contribution in [0.2, 0.25) is 0 Å². The van der Waals surface area contributed by atoms with Crippen LogP contribution in [0, 0.1) is 0 Å².